The van der Waals surface area contributed by atoms with Gasteiger partial charge in [-0.05, 0) is 25.1 Å². The van der Waals surface area contributed by atoms with Crippen LogP contribution in [0.2, 0.25) is 0 Å². The molecule has 1 N–H and O–H groups in total. The van der Waals surface area contributed by atoms with E-state index < -0.39 is 15.8 Å². The summed E-state index contributed by atoms with van der Waals surface area (Å²) < 4.78 is 45.9. The van der Waals surface area contributed by atoms with Crippen LogP contribution in [0.1, 0.15) is 6.92 Å². The molecular weight excluding hydrogens is 355 g/mol. The molecule has 1 aromatic carbocycles. The highest BCUT2D eigenvalue weighted by molar-refractivity contribution is 7.89. The minimum atomic E-state index is -3.91. The molecule has 0 atom stereocenters. The summed E-state index contributed by atoms with van der Waals surface area (Å²) >= 11 is 1.29. The quantitative estimate of drug-likeness (QED) is 0.862. The number of rotatable bonds is 5. The molecule has 24 heavy (non-hydrogen) atoms. The maximum atomic E-state index is 14.2. The average Bonchev–Trinajstić information content (AvgIpc) is 3.05. The number of hydrogen-bond donors (Lipinski definition) is 1. The van der Waals surface area contributed by atoms with E-state index in [1.165, 1.54) is 27.8 Å². The Morgan fingerprint density at radius 1 is 1.33 bits per heavy atom. The lowest BCUT2D eigenvalue weighted by molar-refractivity contribution is 0.0729. The van der Waals surface area contributed by atoms with Crippen LogP contribution in [0.15, 0.2) is 23.1 Å². The molecule has 0 bridgehead atoms. The van der Waals surface area contributed by atoms with Crippen LogP contribution < -0.4 is 5.32 Å². The van der Waals surface area contributed by atoms with Crippen LogP contribution in [-0.2, 0) is 14.8 Å². The van der Waals surface area contributed by atoms with Gasteiger partial charge in [-0.2, -0.15) is 4.31 Å². The van der Waals surface area contributed by atoms with Crippen molar-refractivity contribution in [2.45, 2.75) is 11.8 Å². The minimum Gasteiger partial charge on any atom is -0.379 e. The van der Waals surface area contributed by atoms with Crippen molar-refractivity contribution in [3.63, 3.8) is 0 Å². The minimum absolute atomic E-state index is 0.218. The lowest BCUT2D eigenvalue weighted by Gasteiger charge is -2.26. The van der Waals surface area contributed by atoms with Crippen molar-refractivity contribution < 1.29 is 17.5 Å². The second-order valence-corrected chi connectivity index (χ2v) is 7.99. The highest BCUT2D eigenvalue weighted by Crippen LogP contribution is 2.30. The van der Waals surface area contributed by atoms with Gasteiger partial charge in [0.2, 0.25) is 15.2 Å². The van der Waals surface area contributed by atoms with Crippen LogP contribution in [0.25, 0.3) is 10.6 Å². The largest absolute Gasteiger partial charge is 0.379 e. The highest BCUT2D eigenvalue weighted by atomic mass is 32.2. The van der Waals surface area contributed by atoms with Crippen molar-refractivity contribution in [1.82, 2.24) is 14.5 Å². The Morgan fingerprint density at radius 3 is 2.79 bits per heavy atom. The van der Waals surface area contributed by atoms with Gasteiger partial charge in [-0.15, -0.1) is 10.2 Å². The Morgan fingerprint density at radius 2 is 2.08 bits per heavy atom. The summed E-state index contributed by atoms with van der Waals surface area (Å²) in [6, 6.07) is 3.97. The lowest BCUT2D eigenvalue weighted by Crippen LogP contribution is -2.40. The zero-order chi connectivity index (χ0) is 17.2. The van der Waals surface area contributed by atoms with Gasteiger partial charge in [0.25, 0.3) is 0 Å². The molecule has 0 spiro atoms. The van der Waals surface area contributed by atoms with Gasteiger partial charge in [-0.3, -0.25) is 0 Å². The second kappa shape index (κ2) is 7.09. The smallest absolute Gasteiger partial charge is 0.246 e. The maximum absolute atomic E-state index is 14.2. The summed E-state index contributed by atoms with van der Waals surface area (Å²) in [6.07, 6.45) is 0. The molecule has 0 amide bonds. The van der Waals surface area contributed by atoms with Crippen LogP contribution in [0.4, 0.5) is 9.52 Å². The van der Waals surface area contributed by atoms with E-state index in [0.29, 0.717) is 35.5 Å². The number of sulfonamides is 1. The van der Waals surface area contributed by atoms with Gasteiger partial charge in [0.05, 0.1) is 13.2 Å². The van der Waals surface area contributed by atoms with Crippen LogP contribution in [-0.4, -0.2) is 55.8 Å². The Labute approximate surface area is 143 Å². The number of aromatic nitrogens is 2. The number of hydrogen-bond acceptors (Lipinski definition) is 7. The fourth-order valence-electron chi connectivity index (χ4n) is 2.32. The summed E-state index contributed by atoms with van der Waals surface area (Å²) in [5.41, 5.74) is 0.518. The fraction of sp³-hybridized carbons (Fsp3) is 0.429. The van der Waals surface area contributed by atoms with E-state index in [4.69, 9.17) is 4.74 Å². The molecule has 1 aliphatic heterocycles. The van der Waals surface area contributed by atoms with Crippen LogP contribution in [0, 0.1) is 5.82 Å². The van der Waals surface area contributed by atoms with E-state index in [9.17, 15) is 12.8 Å². The topological polar surface area (TPSA) is 84.4 Å². The van der Waals surface area contributed by atoms with E-state index in [-0.39, 0.29) is 18.0 Å². The van der Waals surface area contributed by atoms with Gasteiger partial charge >= 0.3 is 0 Å². The maximum Gasteiger partial charge on any atom is 0.246 e. The Balaban J connectivity index is 1.96. The molecule has 2 aromatic rings. The zero-order valence-electron chi connectivity index (χ0n) is 13.0. The normalized spacial score (nSPS) is 16.2. The van der Waals surface area contributed by atoms with Gasteiger partial charge < -0.3 is 10.1 Å². The molecule has 0 aliphatic carbocycles. The van der Waals surface area contributed by atoms with Crippen LogP contribution in [0.3, 0.4) is 0 Å². The van der Waals surface area contributed by atoms with Crippen molar-refractivity contribution in [2.24, 2.45) is 0 Å². The molecule has 0 radical (unpaired) electrons. The molecule has 2 heterocycles. The van der Waals surface area contributed by atoms with Crippen molar-refractivity contribution in [3.05, 3.63) is 24.0 Å². The number of halogens is 1. The molecule has 1 aromatic heterocycles. The first-order chi connectivity index (χ1) is 11.5. The predicted octanol–water partition coefficient (Wildman–Crippen LogP) is 1.80. The van der Waals surface area contributed by atoms with Crippen LogP contribution >= 0.6 is 11.3 Å². The average molecular weight is 372 g/mol. The number of benzene rings is 1. The van der Waals surface area contributed by atoms with Crippen molar-refractivity contribution in [2.75, 3.05) is 38.2 Å². The van der Waals surface area contributed by atoms with E-state index in [2.05, 4.69) is 15.5 Å². The van der Waals surface area contributed by atoms with Crippen molar-refractivity contribution >= 4 is 26.5 Å². The Hall–Kier alpha value is -1.62. The van der Waals surface area contributed by atoms with E-state index in [1.54, 1.807) is 0 Å². The number of morpholine rings is 1. The first-order valence-corrected chi connectivity index (χ1v) is 9.73. The number of nitrogens with zero attached hydrogens (tertiary/aromatic N) is 3. The van der Waals surface area contributed by atoms with Gasteiger partial charge in [-0.25, -0.2) is 12.8 Å². The van der Waals surface area contributed by atoms with Gasteiger partial charge in [-0.1, -0.05) is 11.3 Å². The molecule has 0 saturated carbocycles. The molecular formula is C14H17FN4O3S2. The Bertz CT molecular complexity index is 819. The predicted molar refractivity (Wildman–Crippen MR) is 89.0 cm³/mol. The molecule has 3 rings (SSSR count). The van der Waals surface area contributed by atoms with Gasteiger partial charge in [0, 0.05) is 25.2 Å². The summed E-state index contributed by atoms with van der Waals surface area (Å²) in [6.45, 7) is 3.69. The van der Waals surface area contributed by atoms with Crippen molar-refractivity contribution in [3.8, 4) is 10.6 Å². The Kier molecular flexibility index (Phi) is 5.09. The standard InChI is InChI=1S/C14H17FN4O3S2/c1-2-16-14-18-17-13(23-14)10-3-4-11(15)12(9-10)24(20,21)19-5-7-22-8-6-19/h3-4,9H,2,5-8H2,1H3,(H,16,18). The number of nitrogens with one attached hydrogen (secondary N) is 1. The first-order valence-electron chi connectivity index (χ1n) is 7.47. The molecule has 1 fully saturated rings. The zero-order valence-corrected chi connectivity index (χ0v) is 14.7. The fourth-order valence-corrected chi connectivity index (χ4v) is 4.63. The summed E-state index contributed by atoms with van der Waals surface area (Å²) in [5.74, 6) is -0.776. The lowest BCUT2D eigenvalue weighted by atomic mass is 10.2. The molecule has 7 nitrogen and oxygen atoms in total. The first kappa shape index (κ1) is 17.2. The summed E-state index contributed by atoms with van der Waals surface area (Å²) in [7, 11) is -3.91. The second-order valence-electron chi connectivity index (χ2n) is 5.10. The highest BCUT2D eigenvalue weighted by Gasteiger charge is 2.29. The van der Waals surface area contributed by atoms with E-state index in [1.807, 2.05) is 6.92 Å². The molecule has 10 heteroatoms. The number of ether oxygens (including phenoxy) is 1. The third-order valence-electron chi connectivity index (χ3n) is 3.52. The van der Waals surface area contributed by atoms with Gasteiger partial charge in [0.1, 0.15) is 15.7 Å². The van der Waals surface area contributed by atoms with E-state index in [0.717, 1.165) is 6.07 Å². The molecule has 1 saturated heterocycles. The van der Waals surface area contributed by atoms with Gasteiger partial charge in [0.15, 0.2) is 0 Å². The third-order valence-corrected chi connectivity index (χ3v) is 6.36. The van der Waals surface area contributed by atoms with E-state index >= 15 is 0 Å². The summed E-state index contributed by atoms with van der Waals surface area (Å²) in [5, 5.41) is 12.2. The number of anilines is 1. The SMILES string of the molecule is CCNc1nnc(-c2ccc(F)c(S(=O)(=O)N3CCOCC3)c2)s1. The third kappa shape index (κ3) is 3.41. The van der Waals surface area contributed by atoms with Crippen molar-refractivity contribution in [1.29, 1.82) is 0 Å². The van der Waals surface area contributed by atoms with Crippen LogP contribution in [0.5, 0.6) is 0 Å². The molecule has 1 aliphatic rings. The monoisotopic (exact) mass is 372 g/mol. The molecule has 130 valence electrons. The molecule has 0 unspecified atom stereocenters. The summed E-state index contributed by atoms with van der Waals surface area (Å²) in [4.78, 5) is -0.345.